The fourth-order valence-corrected chi connectivity index (χ4v) is 1.73. The molecule has 0 aliphatic rings. The SMILES string of the molecule is FC(F)c1c(Cl)ncc(Br)c1C(F)(F)F. The molecule has 0 saturated carbocycles. The van der Waals surface area contributed by atoms with E-state index in [2.05, 4.69) is 20.9 Å². The second kappa shape index (κ2) is 4.21. The molecule has 0 bridgehead atoms. The van der Waals surface area contributed by atoms with Crippen LogP contribution >= 0.6 is 27.5 Å². The summed E-state index contributed by atoms with van der Waals surface area (Å²) in [6.45, 7) is 0. The lowest BCUT2D eigenvalue weighted by Crippen LogP contribution is -2.12. The van der Waals surface area contributed by atoms with Gasteiger partial charge in [0.25, 0.3) is 6.43 Å². The summed E-state index contributed by atoms with van der Waals surface area (Å²) in [5.74, 6) is 0. The first kappa shape index (κ1) is 12.6. The van der Waals surface area contributed by atoms with Crippen molar-refractivity contribution in [1.82, 2.24) is 4.98 Å². The Morgan fingerprint density at radius 3 is 2.20 bits per heavy atom. The van der Waals surface area contributed by atoms with Crippen LogP contribution < -0.4 is 0 Å². The highest BCUT2D eigenvalue weighted by Gasteiger charge is 2.39. The van der Waals surface area contributed by atoms with E-state index in [1.165, 1.54) is 0 Å². The number of aromatic nitrogens is 1. The van der Waals surface area contributed by atoms with Crippen LogP contribution in [0.25, 0.3) is 0 Å². The van der Waals surface area contributed by atoms with Gasteiger partial charge in [-0.1, -0.05) is 11.6 Å². The van der Waals surface area contributed by atoms with E-state index in [0.717, 1.165) is 6.20 Å². The quantitative estimate of drug-likeness (QED) is 0.551. The van der Waals surface area contributed by atoms with Crippen LogP contribution in [-0.4, -0.2) is 4.98 Å². The topological polar surface area (TPSA) is 12.9 Å². The summed E-state index contributed by atoms with van der Waals surface area (Å²) < 4.78 is 61.3. The number of rotatable bonds is 1. The van der Waals surface area contributed by atoms with Crippen LogP contribution in [0.3, 0.4) is 0 Å². The van der Waals surface area contributed by atoms with E-state index < -0.39 is 33.4 Å². The van der Waals surface area contributed by atoms with Crippen molar-refractivity contribution < 1.29 is 22.0 Å². The van der Waals surface area contributed by atoms with Gasteiger partial charge in [0.1, 0.15) is 5.15 Å². The van der Waals surface area contributed by atoms with Gasteiger partial charge in [0.15, 0.2) is 0 Å². The minimum absolute atomic E-state index is 0.560. The van der Waals surface area contributed by atoms with Gasteiger partial charge in [-0.15, -0.1) is 0 Å². The molecule has 0 radical (unpaired) electrons. The Morgan fingerprint density at radius 2 is 1.87 bits per heavy atom. The van der Waals surface area contributed by atoms with Crippen molar-refractivity contribution in [2.75, 3.05) is 0 Å². The molecule has 0 spiro atoms. The van der Waals surface area contributed by atoms with E-state index in [4.69, 9.17) is 11.6 Å². The number of nitrogens with zero attached hydrogens (tertiary/aromatic N) is 1. The van der Waals surface area contributed by atoms with E-state index >= 15 is 0 Å². The minimum Gasteiger partial charge on any atom is -0.243 e. The molecule has 1 aromatic rings. The van der Waals surface area contributed by atoms with Gasteiger partial charge in [0.05, 0.1) is 11.1 Å². The van der Waals surface area contributed by atoms with Crippen LogP contribution in [0.5, 0.6) is 0 Å². The van der Waals surface area contributed by atoms with E-state index in [1.807, 2.05) is 0 Å². The molecule has 0 amide bonds. The Hall–Kier alpha value is -0.430. The molecule has 1 heterocycles. The summed E-state index contributed by atoms with van der Waals surface area (Å²) >= 11 is 7.70. The lowest BCUT2D eigenvalue weighted by Gasteiger charge is -2.14. The molecule has 0 fully saturated rings. The van der Waals surface area contributed by atoms with Crippen LogP contribution in [-0.2, 0) is 6.18 Å². The zero-order chi connectivity index (χ0) is 11.8. The molecule has 1 aromatic heterocycles. The molecular formula is C7H2BrClF5N. The standard InChI is InChI=1S/C7H2BrClF5N/c8-2-1-15-5(9)3(6(10)11)4(2)7(12,13)14/h1,6H. The van der Waals surface area contributed by atoms with Gasteiger partial charge in [0.2, 0.25) is 0 Å². The first-order valence-corrected chi connectivity index (χ1v) is 4.61. The summed E-state index contributed by atoms with van der Waals surface area (Å²) in [7, 11) is 0. The summed E-state index contributed by atoms with van der Waals surface area (Å²) in [4.78, 5) is 3.21. The fourth-order valence-electron chi connectivity index (χ4n) is 0.966. The van der Waals surface area contributed by atoms with Crippen LogP contribution in [0.4, 0.5) is 22.0 Å². The molecule has 0 saturated heterocycles. The summed E-state index contributed by atoms with van der Waals surface area (Å²) in [5.41, 5.74) is -2.80. The molecule has 84 valence electrons. The highest BCUT2D eigenvalue weighted by molar-refractivity contribution is 9.10. The summed E-state index contributed by atoms with van der Waals surface area (Å²) in [6, 6.07) is 0. The van der Waals surface area contributed by atoms with Gasteiger partial charge in [-0.2, -0.15) is 13.2 Å². The molecule has 1 rings (SSSR count). The lowest BCUT2D eigenvalue weighted by molar-refractivity contribution is -0.140. The molecular weight excluding hydrogens is 308 g/mol. The van der Waals surface area contributed by atoms with Crippen LogP contribution in [0.2, 0.25) is 5.15 Å². The van der Waals surface area contributed by atoms with Crippen molar-refractivity contribution in [2.24, 2.45) is 0 Å². The average molecular weight is 310 g/mol. The molecule has 0 aliphatic heterocycles. The van der Waals surface area contributed by atoms with Gasteiger partial charge in [0, 0.05) is 10.7 Å². The fraction of sp³-hybridized carbons (Fsp3) is 0.286. The second-order valence-corrected chi connectivity index (χ2v) is 3.70. The van der Waals surface area contributed by atoms with Crippen LogP contribution in [0.1, 0.15) is 17.6 Å². The highest BCUT2D eigenvalue weighted by Crippen LogP contribution is 2.42. The molecule has 0 aliphatic carbocycles. The maximum atomic E-state index is 12.4. The Balaban J connectivity index is 3.53. The lowest BCUT2D eigenvalue weighted by atomic mass is 10.1. The molecule has 1 nitrogen and oxygen atoms in total. The van der Waals surface area contributed by atoms with Gasteiger partial charge < -0.3 is 0 Å². The largest absolute Gasteiger partial charge is 0.418 e. The summed E-state index contributed by atoms with van der Waals surface area (Å²) in [6.07, 6.45) is -7.51. The third kappa shape index (κ3) is 2.57. The maximum Gasteiger partial charge on any atom is 0.418 e. The molecule has 15 heavy (non-hydrogen) atoms. The normalized spacial score (nSPS) is 12.3. The van der Waals surface area contributed by atoms with Crippen molar-refractivity contribution in [1.29, 1.82) is 0 Å². The molecule has 0 unspecified atom stereocenters. The Labute approximate surface area is 94.4 Å². The van der Waals surface area contributed by atoms with E-state index in [-0.39, 0.29) is 0 Å². The van der Waals surface area contributed by atoms with E-state index in [0.29, 0.717) is 0 Å². The monoisotopic (exact) mass is 309 g/mol. The van der Waals surface area contributed by atoms with Crippen molar-refractivity contribution in [3.05, 3.63) is 26.9 Å². The molecule has 8 heteroatoms. The number of alkyl halides is 5. The average Bonchev–Trinajstić information content (AvgIpc) is 2.05. The number of hydrogen-bond acceptors (Lipinski definition) is 1. The number of hydrogen-bond donors (Lipinski definition) is 0. The van der Waals surface area contributed by atoms with Gasteiger partial charge in [-0.25, -0.2) is 13.8 Å². The van der Waals surface area contributed by atoms with Crippen LogP contribution in [0.15, 0.2) is 10.7 Å². The third-order valence-corrected chi connectivity index (χ3v) is 2.43. The molecule has 0 N–H and O–H groups in total. The third-order valence-electron chi connectivity index (χ3n) is 1.52. The Morgan fingerprint density at radius 1 is 1.33 bits per heavy atom. The molecule has 0 aromatic carbocycles. The highest BCUT2D eigenvalue weighted by atomic mass is 79.9. The number of halogens is 7. The van der Waals surface area contributed by atoms with Crippen molar-refractivity contribution in [2.45, 2.75) is 12.6 Å². The predicted octanol–water partition coefficient (Wildman–Crippen LogP) is 4.45. The van der Waals surface area contributed by atoms with Crippen molar-refractivity contribution >= 4 is 27.5 Å². The zero-order valence-electron chi connectivity index (χ0n) is 6.75. The smallest absolute Gasteiger partial charge is 0.243 e. The Bertz CT molecular complexity index is 378. The second-order valence-electron chi connectivity index (χ2n) is 2.48. The first-order chi connectivity index (χ1) is 6.75. The predicted molar refractivity (Wildman–Crippen MR) is 46.9 cm³/mol. The van der Waals surface area contributed by atoms with Crippen molar-refractivity contribution in [3.8, 4) is 0 Å². The minimum atomic E-state index is -4.91. The van der Waals surface area contributed by atoms with E-state index in [9.17, 15) is 22.0 Å². The van der Waals surface area contributed by atoms with Crippen molar-refractivity contribution in [3.63, 3.8) is 0 Å². The van der Waals surface area contributed by atoms with Gasteiger partial charge in [-0.05, 0) is 15.9 Å². The summed E-state index contributed by atoms with van der Waals surface area (Å²) in [5, 5.41) is -0.847. The zero-order valence-corrected chi connectivity index (χ0v) is 9.09. The van der Waals surface area contributed by atoms with Gasteiger partial charge >= 0.3 is 6.18 Å². The van der Waals surface area contributed by atoms with Gasteiger partial charge in [-0.3, -0.25) is 0 Å². The maximum absolute atomic E-state index is 12.4. The first-order valence-electron chi connectivity index (χ1n) is 3.44. The number of pyridine rings is 1. The molecule has 0 atom stereocenters. The Kier molecular flexibility index (Phi) is 3.55. The van der Waals surface area contributed by atoms with E-state index in [1.54, 1.807) is 0 Å². The van der Waals surface area contributed by atoms with Crippen LogP contribution in [0, 0.1) is 0 Å².